The Kier molecular flexibility index (Phi) is 5.73. The number of carbonyl (C=O) groups excluding carboxylic acids is 1. The Morgan fingerprint density at radius 2 is 2.09 bits per heavy atom. The van der Waals surface area contributed by atoms with Gasteiger partial charge in [-0.05, 0) is 52.5 Å². The van der Waals surface area contributed by atoms with Crippen molar-refractivity contribution in [3.8, 4) is 0 Å². The Morgan fingerprint density at radius 3 is 2.68 bits per heavy atom. The molecule has 1 saturated carbocycles. The second-order valence-electron chi connectivity index (χ2n) is 7.43. The minimum absolute atomic E-state index is 0.0125. The molecule has 1 fully saturated rings. The molecule has 2 N–H and O–H groups in total. The van der Waals surface area contributed by atoms with Gasteiger partial charge in [0.15, 0.2) is 0 Å². The van der Waals surface area contributed by atoms with Crippen LogP contribution in [-0.2, 0) is 9.47 Å². The van der Waals surface area contributed by atoms with Crippen molar-refractivity contribution in [2.45, 2.75) is 76.5 Å². The highest BCUT2D eigenvalue weighted by atomic mass is 16.6. The van der Waals surface area contributed by atoms with Crippen LogP contribution < -0.4 is 10.6 Å². The lowest BCUT2D eigenvalue weighted by molar-refractivity contribution is 0.0504. The molecule has 1 aliphatic carbocycles. The van der Waals surface area contributed by atoms with E-state index in [1.54, 1.807) is 6.26 Å². The van der Waals surface area contributed by atoms with Gasteiger partial charge in [0.1, 0.15) is 11.7 Å². The summed E-state index contributed by atoms with van der Waals surface area (Å²) in [6.45, 7) is 7.09. The van der Waals surface area contributed by atoms with E-state index in [-0.39, 0.29) is 17.7 Å². The lowest BCUT2D eigenvalue weighted by Gasteiger charge is -2.33. The summed E-state index contributed by atoms with van der Waals surface area (Å²) in [4.78, 5) is 11.9. The predicted molar refractivity (Wildman–Crippen MR) is 86.7 cm³/mol. The van der Waals surface area contributed by atoms with E-state index in [4.69, 9.17) is 9.47 Å². The van der Waals surface area contributed by atoms with E-state index < -0.39 is 5.60 Å². The zero-order valence-electron chi connectivity index (χ0n) is 14.1. The fourth-order valence-electron chi connectivity index (χ4n) is 3.09. The first-order valence-corrected chi connectivity index (χ1v) is 8.41. The molecule has 2 rings (SSSR count). The largest absolute Gasteiger partial charge is 0.497 e. The van der Waals surface area contributed by atoms with Gasteiger partial charge in [0.05, 0.1) is 6.26 Å². The molecule has 22 heavy (non-hydrogen) atoms. The van der Waals surface area contributed by atoms with Crippen molar-refractivity contribution < 1.29 is 14.3 Å². The minimum Gasteiger partial charge on any atom is -0.497 e. The zero-order chi connectivity index (χ0) is 16.1. The average Bonchev–Trinajstić information content (AvgIpc) is 2.92. The molecule has 1 unspecified atom stereocenters. The van der Waals surface area contributed by atoms with E-state index >= 15 is 0 Å². The maximum absolute atomic E-state index is 11.9. The van der Waals surface area contributed by atoms with Crippen molar-refractivity contribution >= 4 is 6.09 Å². The van der Waals surface area contributed by atoms with Crippen LogP contribution in [0.25, 0.3) is 0 Å². The maximum atomic E-state index is 11.9. The van der Waals surface area contributed by atoms with Crippen LogP contribution >= 0.6 is 0 Å². The summed E-state index contributed by atoms with van der Waals surface area (Å²) in [6, 6.07) is 0. The van der Waals surface area contributed by atoms with Crippen LogP contribution in [0.2, 0.25) is 0 Å². The van der Waals surface area contributed by atoms with Crippen molar-refractivity contribution in [1.82, 2.24) is 10.6 Å². The quantitative estimate of drug-likeness (QED) is 0.819. The van der Waals surface area contributed by atoms with Gasteiger partial charge in [-0.3, -0.25) is 0 Å². The Bertz CT molecular complexity index is 395. The molecule has 1 atom stereocenters. The summed E-state index contributed by atoms with van der Waals surface area (Å²) < 4.78 is 10.9. The lowest BCUT2D eigenvalue weighted by atomic mass is 9.96. The molecule has 126 valence electrons. The number of hydrogen-bond donors (Lipinski definition) is 2. The predicted octanol–water partition coefficient (Wildman–Crippen LogP) is 3.11. The van der Waals surface area contributed by atoms with Crippen LogP contribution in [0.4, 0.5) is 4.79 Å². The topological polar surface area (TPSA) is 59.6 Å². The molecule has 1 aliphatic heterocycles. The molecule has 5 nitrogen and oxygen atoms in total. The Morgan fingerprint density at radius 1 is 1.36 bits per heavy atom. The van der Waals surface area contributed by atoms with Gasteiger partial charge in [-0.1, -0.05) is 12.8 Å². The lowest BCUT2D eigenvalue weighted by Crippen LogP contribution is -2.54. The molecule has 0 radical (unpaired) electrons. The van der Waals surface area contributed by atoms with E-state index in [0.29, 0.717) is 6.54 Å². The number of nitrogens with one attached hydrogen (secondary N) is 2. The zero-order valence-corrected chi connectivity index (χ0v) is 14.1. The van der Waals surface area contributed by atoms with Gasteiger partial charge < -0.3 is 20.1 Å². The van der Waals surface area contributed by atoms with Gasteiger partial charge in [0.25, 0.3) is 0 Å². The van der Waals surface area contributed by atoms with Gasteiger partial charge in [-0.2, -0.15) is 0 Å². The number of ether oxygens (including phenoxy) is 2. The Hall–Kier alpha value is -1.23. The van der Waals surface area contributed by atoms with Gasteiger partial charge >= 0.3 is 6.09 Å². The van der Waals surface area contributed by atoms with Crippen LogP contribution in [0.5, 0.6) is 0 Å². The first-order chi connectivity index (χ1) is 10.4. The summed E-state index contributed by atoms with van der Waals surface area (Å²) in [5.41, 5.74) is -0.468. The number of amides is 1. The number of rotatable bonds is 5. The smallest absolute Gasteiger partial charge is 0.407 e. The van der Waals surface area contributed by atoms with Crippen LogP contribution in [0.3, 0.4) is 0 Å². The van der Waals surface area contributed by atoms with Crippen molar-refractivity contribution in [3.05, 3.63) is 12.3 Å². The van der Waals surface area contributed by atoms with E-state index in [1.165, 1.54) is 12.8 Å². The molecule has 0 saturated heterocycles. The highest BCUT2D eigenvalue weighted by molar-refractivity contribution is 5.67. The third kappa shape index (κ3) is 5.52. The standard InChI is InChI=1S/C17H30N2O3/c1-16(2,3)22-15(20)18-13-17(9-5-6-10-17)19-12-14-8-4-7-11-21-14/h7,11,14,19H,4-6,8-10,12-13H2,1-3H3,(H,18,20). The fourth-order valence-corrected chi connectivity index (χ4v) is 3.09. The van der Waals surface area contributed by atoms with Gasteiger partial charge in [-0.15, -0.1) is 0 Å². The molecule has 0 aromatic heterocycles. The molecule has 1 amide bonds. The first kappa shape index (κ1) is 17.1. The molecule has 0 aromatic carbocycles. The van der Waals surface area contributed by atoms with Gasteiger partial charge in [-0.25, -0.2) is 4.79 Å². The highest BCUT2D eigenvalue weighted by Gasteiger charge is 2.35. The second kappa shape index (κ2) is 7.36. The molecule has 0 bridgehead atoms. The monoisotopic (exact) mass is 310 g/mol. The summed E-state index contributed by atoms with van der Waals surface area (Å²) in [5, 5.41) is 6.59. The number of allylic oxidation sites excluding steroid dienone is 1. The van der Waals surface area contributed by atoms with Crippen LogP contribution in [0.15, 0.2) is 12.3 Å². The Balaban J connectivity index is 1.80. The van der Waals surface area contributed by atoms with Crippen molar-refractivity contribution in [3.63, 3.8) is 0 Å². The molecule has 0 spiro atoms. The molecular formula is C17H30N2O3. The van der Waals surface area contributed by atoms with Crippen LogP contribution in [-0.4, -0.2) is 36.4 Å². The van der Waals surface area contributed by atoms with E-state index in [0.717, 1.165) is 32.2 Å². The minimum atomic E-state index is -0.456. The van der Waals surface area contributed by atoms with E-state index in [9.17, 15) is 4.79 Å². The number of hydrogen-bond acceptors (Lipinski definition) is 4. The summed E-state index contributed by atoms with van der Waals surface area (Å²) in [6.07, 6.45) is 10.5. The number of carbonyl (C=O) groups is 1. The number of alkyl carbamates (subject to hydrolysis) is 1. The van der Waals surface area contributed by atoms with Crippen LogP contribution in [0.1, 0.15) is 59.3 Å². The van der Waals surface area contributed by atoms with E-state index in [1.807, 2.05) is 20.8 Å². The Labute approximate surface area is 133 Å². The van der Waals surface area contributed by atoms with Gasteiger partial charge in [0, 0.05) is 18.6 Å². The van der Waals surface area contributed by atoms with E-state index in [2.05, 4.69) is 16.7 Å². The van der Waals surface area contributed by atoms with Crippen molar-refractivity contribution in [2.75, 3.05) is 13.1 Å². The highest BCUT2D eigenvalue weighted by Crippen LogP contribution is 2.29. The fraction of sp³-hybridized carbons (Fsp3) is 0.824. The normalized spacial score (nSPS) is 23.9. The van der Waals surface area contributed by atoms with Crippen molar-refractivity contribution in [2.24, 2.45) is 0 Å². The summed E-state index contributed by atoms with van der Waals surface area (Å²) in [7, 11) is 0. The summed E-state index contributed by atoms with van der Waals surface area (Å²) in [5.74, 6) is 0. The molecular weight excluding hydrogens is 280 g/mol. The molecule has 1 heterocycles. The molecule has 5 heteroatoms. The maximum Gasteiger partial charge on any atom is 0.407 e. The molecule has 2 aliphatic rings. The first-order valence-electron chi connectivity index (χ1n) is 8.41. The van der Waals surface area contributed by atoms with Crippen LogP contribution in [0, 0.1) is 0 Å². The summed E-state index contributed by atoms with van der Waals surface area (Å²) >= 11 is 0. The third-order valence-electron chi connectivity index (χ3n) is 4.26. The van der Waals surface area contributed by atoms with Gasteiger partial charge in [0.2, 0.25) is 0 Å². The third-order valence-corrected chi connectivity index (χ3v) is 4.26. The SMILES string of the molecule is CC(C)(C)OC(=O)NCC1(NCC2CCC=CO2)CCCC1. The average molecular weight is 310 g/mol. The second-order valence-corrected chi connectivity index (χ2v) is 7.43. The van der Waals surface area contributed by atoms with Crippen molar-refractivity contribution in [1.29, 1.82) is 0 Å². The molecule has 0 aromatic rings.